The predicted octanol–water partition coefficient (Wildman–Crippen LogP) is 0.458. The summed E-state index contributed by atoms with van der Waals surface area (Å²) in [5.41, 5.74) is 4.17. The number of hydrogen-bond acceptors (Lipinski definition) is 4. The Morgan fingerprint density at radius 2 is 1.95 bits per heavy atom. The van der Waals surface area contributed by atoms with E-state index in [-0.39, 0.29) is 6.54 Å². The van der Waals surface area contributed by atoms with Gasteiger partial charge in [-0.15, -0.1) is 0 Å². The highest BCUT2D eigenvalue weighted by atomic mass is 32.2. The molecule has 1 heterocycles. The molecule has 2 amide bonds. The fourth-order valence-corrected chi connectivity index (χ4v) is 3.21. The van der Waals surface area contributed by atoms with Gasteiger partial charge in [0.05, 0.1) is 0 Å². The van der Waals surface area contributed by atoms with Crippen molar-refractivity contribution in [3.8, 4) is 0 Å². The summed E-state index contributed by atoms with van der Waals surface area (Å²) in [6.07, 6.45) is 1.52. The van der Waals surface area contributed by atoms with Crippen LogP contribution in [-0.2, 0) is 14.6 Å². The normalized spacial score (nSPS) is 18.5. The molecule has 1 aliphatic rings. The summed E-state index contributed by atoms with van der Waals surface area (Å²) in [6, 6.07) is 0.516. The Morgan fingerprint density at radius 3 is 2.50 bits per heavy atom. The first kappa shape index (κ1) is 16.3. The molecule has 0 saturated carbocycles. The van der Waals surface area contributed by atoms with Crippen LogP contribution in [0.1, 0.15) is 23.2 Å². The predicted molar refractivity (Wildman–Crippen MR) is 72.7 cm³/mol. The molecule has 1 aromatic rings. The maximum atomic E-state index is 14.3. The molecule has 1 atom stereocenters. The van der Waals surface area contributed by atoms with E-state index in [2.05, 4.69) is 0 Å². The van der Waals surface area contributed by atoms with Gasteiger partial charge in [0.2, 0.25) is 5.91 Å². The molecule has 120 valence electrons. The lowest BCUT2D eigenvalue weighted by Gasteiger charge is -2.23. The fraction of sp³-hybridized carbons (Fsp3) is 0.385. The van der Waals surface area contributed by atoms with Crippen molar-refractivity contribution in [1.82, 2.24) is 4.90 Å². The average molecular weight is 332 g/mol. The smallest absolute Gasteiger partial charge is 0.260 e. The van der Waals surface area contributed by atoms with Crippen LogP contribution in [-0.4, -0.2) is 44.0 Å². The summed E-state index contributed by atoms with van der Waals surface area (Å²) in [7, 11) is -3.96. The van der Waals surface area contributed by atoms with Crippen molar-refractivity contribution in [1.29, 1.82) is 0 Å². The molecule has 1 saturated heterocycles. The van der Waals surface area contributed by atoms with E-state index in [1.165, 1.54) is 0 Å². The summed E-state index contributed by atoms with van der Waals surface area (Å²) in [5.74, 6) is -4.50. The molecule has 6 nitrogen and oxygen atoms in total. The van der Waals surface area contributed by atoms with Gasteiger partial charge in [-0.25, -0.2) is 17.2 Å². The molecule has 0 unspecified atom stereocenters. The zero-order chi connectivity index (χ0) is 16.7. The fourth-order valence-electron chi connectivity index (χ4n) is 2.46. The minimum absolute atomic E-state index is 0.119. The van der Waals surface area contributed by atoms with Crippen molar-refractivity contribution in [2.24, 2.45) is 5.73 Å². The number of nitrogens with two attached hydrogens (primary N) is 1. The minimum atomic E-state index is -3.96. The van der Waals surface area contributed by atoms with Gasteiger partial charge in [-0.05, 0) is 25.0 Å². The van der Waals surface area contributed by atoms with E-state index in [0.717, 1.165) is 17.2 Å². The van der Waals surface area contributed by atoms with Gasteiger partial charge in [-0.3, -0.25) is 9.59 Å². The van der Waals surface area contributed by atoms with Crippen molar-refractivity contribution in [2.75, 3.05) is 12.8 Å². The van der Waals surface area contributed by atoms with Crippen LogP contribution in [0, 0.1) is 11.6 Å². The highest BCUT2D eigenvalue weighted by Gasteiger charge is 2.36. The molecule has 1 aromatic carbocycles. The Bertz CT molecular complexity index is 749. The molecule has 1 aliphatic heterocycles. The summed E-state index contributed by atoms with van der Waals surface area (Å²) in [4.78, 5) is 23.8. The molecule has 0 radical (unpaired) electrons. The molecule has 0 aromatic heterocycles. The molecule has 0 bridgehead atoms. The van der Waals surface area contributed by atoms with E-state index in [9.17, 15) is 26.8 Å². The molecular weight excluding hydrogens is 318 g/mol. The van der Waals surface area contributed by atoms with Crippen LogP contribution in [0.3, 0.4) is 0 Å². The van der Waals surface area contributed by atoms with Gasteiger partial charge < -0.3 is 10.6 Å². The van der Waals surface area contributed by atoms with Crippen LogP contribution in [0.25, 0.3) is 0 Å². The Balaban J connectivity index is 2.53. The second kappa shape index (κ2) is 5.64. The van der Waals surface area contributed by atoms with E-state index in [1.54, 1.807) is 0 Å². The standard InChI is InChI=1S/C13H14F2N2O4S/c1-22(20,21)9-5-4-7(14)10(11(9)15)13(19)17-6-2-3-8(17)12(16)18/h4-5,8H,2-3,6H2,1H3,(H2,16,18)/t8-/m1/s1. The maximum absolute atomic E-state index is 14.3. The Morgan fingerprint density at radius 1 is 1.32 bits per heavy atom. The van der Waals surface area contributed by atoms with Crippen LogP contribution in [0.4, 0.5) is 8.78 Å². The molecule has 9 heteroatoms. The number of primary amides is 1. The molecule has 2 N–H and O–H groups in total. The van der Waals surface area contributed by atoms with E-state index in [0.29, 0.717) is 18.9 Å². The average Bonchev–Trinajstić information content (AvgIpc) is 2.86. The number of nitrogens with zero attached hydrogens (tertiary/aromatic N) is 1. The van der Waals surface area contributed by atoms with E-state index in [1.807, 2.05) is 0 Å². The van der Waals surface area contributed by atoms with Crippen LogP contribution in [0.15, 0.2) is 17.0 Å². The number of carbonyl (C=O) groups is 2. The third-order valence-corrected chi connectivity index (χ3v) is 4.63. The van der Waals surface area contributed by atoms with Crippen LogP contribution in [0.5, 0.6) is 0 Å². The minimum Gasteiger partial charge on any atom is -0.368 e. The van der Waals surface area contributed by atoms with Crippen molar-refractivity contribution in [2.45, 2.75) is 23.8 Å². The second-order valence-electron chi connectivity index (χ2n) is 5.07. The molecule has 1 fully saturated rings. The van der Waals surface area contributed by atoms with Crippen molar-refractivity contribution < 1.29 is 26.8 Å². The largest absolute Gasteiger partial charge is 0.368 e. The Hall–Kier alpha value is -2.03. The van der Waals surface area contributed by atoms with Gasteiger partial charge in [-0.2, -0.15) is 0 Å². The van der Waals surface area contributed by atoms with Gasteiger partial charge in [0.15, 0.2) is 15.7 Å². The first-order chi connectivity index (χ1) is 10.1. The van der Waals surface area contributed by atoms with Crippen molar-refractivity contribution in [3.05, 3.63) is 29.3 Å². The topological polar surface area (TPSA) is 97.5 Å². The molecule has 2 rings (SSSR count). The summed E-state index contributed by atoms with van der Waals surface area (Å²) in [6.45, 7) is 0.119. The van der Waals surface area contributed by atoms with Crippen LogP contribution < -0.4 is 5.73 Å². The zero-order valence-corrected chi connectivity index (χ0v) is 12.5. The lowest BCUT2D eigenvalue weighted by Crippen LogP contribution is -2.44. The third kappa shape index (κ3) is 2.80. The van der Waals surface area contributed by atoms with E-state index >= 15 is 0 Å². The van der Waals surface area contributed by atoms with E-state index in [4.69, 9.17) is 5.73 Å². The lowest BCUT2D eigenvalue weighted by molar-refractivity contribution is -0.121. The van der Waals surface area contributed by atoms with Crippen LogP contribution >= 0.6 is 0 Å². The first-order valence-corrected chi connectivity index (χ1v) is 8.32. The summed E-state index contributed by atoms with van der Waals surface area (Å²) in [5, 5.41) is 0. The molecular formula is C13H14F2N2O4S. The monoisotopic (exact) mass is 332 g/mol. The van der Waals surface area contributed by atoms with Crippen LogP contribution in [0.2, 0.25) is 0 Å². The zero-order valence-electron chi connectivity index (χ0n) is 11.7. The first-order valence-electron chi connectivity index (χ1n) is 6.43. The quantitative estimate of drug-likeness (QED) is 0.813. The number of benzene rings is 1. The highest BCUT2D eigenvalue weighted by Crippen LogP contribution is 2.26. The molecule has 0 aliphatic carbocycles. The summed E-state index contributed by atoms with van der Waals surface area (Å²) >= 11 is 0. The van der Waals surface area contributed by atoms with Crippen molar-refractivity contribution >= 4 is 21.7 Å². The third-order valence-electron chi connectivity index (χ3n) is 3.51. The molecule has 0 spiro atoms. The number of hydrogen-bond donors (Lipinski definition) is 1. The highest BCUT2D eigenvalue weighted by molar-refractivity contribution is 7.90. The Labute approximate surface area is 125 Å². The van der Waals surface area contributed by atoms with Crippen molar-refractivity contribution in [3.63, 3.8) is 0 Å². The van der Waals surface area contributed by atoms with Gasteiger partial charge in [0, 0.05) is 12.8 Å². The maximum Gasteiger partial charge on any atom is 0.260 e. The number of rotatable bonds is 3. The van der Waals surface area contributed by atoms with Gasteiger partial charge in [0.1, 0.15) is 22.3 Å². The van der Waals surface area contributed by atoms with E-state index < -0.39 is 49.8 Å². The number of amides is 2. The van der Waals surface area contributed by atoms with Gasteiger partial charge >= 0.3 is 0 Å². The number of sulfone groups is 1. The number of likely N-dealkylation sites (tertiary alicyclic amines) is 1. The Kier molecular flexibility index (Phi) is 4.19. The van der Waals surface area contributed by atoms with Gasteiger partial charge in [0.25, 0.3) is 5.91 Å². The second-order valence-corrected chi connectivity index (χ2v) is 7.05. The van der Waals surface area contributed by atoms with Gasteiger partial charge in [-0.1, -0.05) is 0 Å². The summed E-state index contributed by atoms with van der Waals surface area (Å²) < 4.78 is 51.1. The SMILES string of the molecule is CS(=O)(=O)c1ccc(F)c(C(=O)N2CCC[C@@H]2C(N)=O)c1F. The number of carbonyl (C=O) groups excluding carboxylic acids is 2. The molecule has 22 heavy (non-hydrogen) atoms. The number of halogens is 2. The lowest BCUT2D eigenvalue weighted by atomic mass is 10.1.